The molecule has 0 saturated carbocycles. The van der Waals surface area contributed by atoms with Crippen molar-refractivity contribution in [1.82, 2.24) is 4.90 Å². The number of likely N-dealkylation sites (tertiary alicyclic amines) is 1. The second-order valence-electron chi connectivity index (χ2n) is 5.76. The number of piperidine rings is 1. The van der Waals surface area contributed by atoms with E-state index in [9.17, 15) is 0 Å². The normalized spacial score (nSPS) is 21.9. The summed E-state index contributed by atoms with van der Waals surface area (Å²) in [5.74, 6) is 0.650. The maximum absolute atomic E-state index is 6.11. The average Bonchev–Trinajstić information content (AvgIpc) is 2.49. The summed E-state index contributed by atoms with van der Waals surface area (Å²) >= 11 is 0. The van der Waals surface area contributed by atoms with Gasteiger partial charge in [0.15, 0.2) is 0 Å². The Morgan fingerprint density at radius 1 is 1.40 bits per heavy atom. The predicted octanol–water partition coefficient (Wildman–Crippen LogP) is 2.61. The van der Waals surface area contributed by atoms with Crippen LogP contribution in [0.2, 0.25) is 0 Å². The van der Waals surface area contributed by atoms with Crippen molar-refractivity contribution in [3.05, 3.63) is 35.4 Å². The van der Waals surface area contributed by atoms with Crippen LogP contribution in [0.4, 0.5) is 0 Å². The van der Waals surface area contributed by atoms with Gasteiger partial charge in [-0.3, -0.25) is 4.90 Å². The number of hydrogen-bond acceptors (Lipinski definition) is 3. The summed E-state index contributed by atoms with van der Waals surface area (Å²) in [6.45, 7) is 6.03. The third-order valence-electron chi connectivity index (χ3n) is 4.41. The van der Waals surface area contributed by atoms with Crippen LogP contribution in [0.25, 0.3) is 0 Å². The molecule has 0 aliphatic carbocycles. The topological polar surface area (TPSA) is 38.5 Å². The summed E-state index contributed by atoms with van der Waals surface area (Å²) in [7, 11) is 1.80. The molecule has 2 unspecified atom stereocenters. The van der Waals surface area contributed by atoms with E-state index < -0.39 is 0 Å². The molecule has 3 nitrogen and oxygen atoms in total. The van der Waals surface area contributed by atoms with E-state index in [-0.39, 0.29) is 0 Å². The summed E-state index contributed by atoms with van der Waals surface area (Å²) < 4.78 is 5.34. The quantitative estimate of drug-likeness (QED) is 0.868. The van der Waals surface area contributed by atoms with Gasteiger partial charge in [0, 0.05) is 26.2 Å². The minimum absolute atomic E-state index is 0.353. The van der Waals surface area contributed by atoms with Crippen LogP contribution in [0.15, 0.2) is 24.3 Å². The monoisotopic (exact) mass is 276 g/mol. The number of hydrogen-bond donors (Lipinski definition) is 1. The lowest BCUT2D eigenvalue weighted by molar-refractivity contribution is 0.0695. The number of nitrogens with zero attached hydrogens (tertiary/aromatic N) is 1. The smallest absolute Gasteiger partial charge is 0.0502 e. The highest BCUT2D eigenvalue weighted by Crippen LogP contribution is 2.28. The summed E-state index contributed by atoms with van der Waals surface area (Å²) in [6, 6.07) is 9.09. The Bertz CT molecular complexity index is 406. The van der Waals surface area contributed by atoms with Gasteiger partial charge in [-0.2, -0.15) is 0 Å². The second kappa shape index (κ2) is 7.77. The van der Waals surface area contributed by atoms with Gasteiger partial charge in [0.1, 0.15) is 0 Å². The Morgan fingerprint density at radius 3 is 2.90 bits per heavy atom. The van der Waals surface area contributed by atoms with Crippen molar-refractivity contribution < 1.29 is 4.74 Å². The van der Waals surface area contributed by atoms with E-state index in [1.54, 1.807) is 7.11 Å². The van der Waals surface area contributed by atoms with Crippen LogP contribution in [-0.4, -0.2) is 38.3 Å². The Hall–Kier alpha value is -0.900. The number of aryl methyl sites for hydroxylation is 1. The van der Waals surface area contributed by atoms with Crippen LogP contribution < -0.4 is 5.73 Å². The van der Waals surface area contributed by atoms with E-state index in [4.69, 9.17) is 10.5 Å². The fourth-order valence-corrected chi connectivity index (χ4v) is 3.41. The molecule has 0 amide bonds. The minimum atomic E-state index is 0.353. The molecule has 1 aromatic carbocycles. The molecule has 1 fully saturated rings. The molecule has 1 saturated heterocycles. The van der Waals surface area contributed by atoms with Crippen LogP contribution in [0.3, 0.4) is 0 Å². The van der Waals surface area contributed by atoms with E-state index in [1.165, 1.54) is 24.0 Å². The molecule has 0 bridgehead atoms. The lowest BCUT2D eigenvalue weighted by Gasteiger charge is -2.38. The molecular formula is C17H28N2O. The first-order valence-electron chi connectivity index (χ1n) is 7.81. The molecule has 2 N–H and O–H groups in total. The third kappa shape index (κ3) is 3.60. The maximum Gasteiger partial charge on any atom is 0.0502 e. The Morgan fingerprint density at radius 2 is 2.20 bits per heavy atom. The molecule has 20 heavy (non-hydrogen) atoms. The van der Waals surface area contributed by atoms with E-state index in [0.29, 0.717) is 18.5 Å². The van der Waals surface area contributed by atoms with Gasteiger partial charge in [0.2, 0.25) is 0 Å². The van der Waals surface area contributed by atoms with Gasteiger partial charge in [-0.1, -0.05) is 31.2 Å². The van der Waals surface area contributed by atoms with Gasteiger partial charge >= 0.3 is 0 Å². The molecule has 112 valence electrons. The zero-order valence-electron chi connectivity index (χ0n) is 12.8. The first-order valence-corrected chi connectivity index (χ1v) is 7.81. The molecule has 2 rings (SSSR count). The zero-order valence-corrected chi connectivity index (χ0v) is 12.8. The predicted molar refractivity (Wildman–Crippen MR) is 83.8 cm³/mol. The summed E-state index contributed by atoms with van der Waals surface area (Å²) in [5, 5.41) is 0. The summed E-state index contributed by atoms with van der Waals surface area (Å²) in [5.41, 5.74) is 8.95. The number of methoxy groups -OCH3 is 1. The van der Waals surface area contributed by atoms with Crippen molar-refractivity contribution in [3.8, 4) is 0 Å². The molecule has 3 heteroatoms. The minimum Gasteiger partial charge on any atom is -0.384 e. The summed E-state index contributed by atoms with van der Waals surface area (Å²) in [4.78, 5) is 2.56. The standard InChI is InChI=1S/C17H28N2O/c1-3-15-8-4-5-9-16(15)17(11-18)19-10-6-7-14(12-19)13-20-2/h4-5,8-9,14,17H,3,6-7,10-13,18H2,1-2H3. The van der Waals surface area contributed by atoms with Gasteiger partial charge in [-0.15, -0.1) is 0 Å². The van der Waals surface area contributed by atoms with Crippen molar-refractivity contribution in [1.29, 1.82) is 0 Å². The molecule has 1 aromatic rings. The fourth-order valence-electron chi connectivity index (χ4n) is 3.41. The first kappa shape index (κ1) is 15.5. The van der Waals surface area contributed by atoms with Gasteiger partial charge in [-0.25, -0.2) is 0 Å². The van der Waals surface area contributed by atoms with Crippen molar-refractivity contribution in [2.24, 2.45) is 11.7 Å². The van der Waals surface area contributed by atoms with Gasteiger partial charge in [-0.05, 0) is 42.9 Å². The third-order valence-corrected chi connectivity index (χ3v) is 4.41. The SMILES string of the molecule is CCc1ccccc1C(CN)N1CCCC(COC)C1. The molecule has 1 aliphatic heterocycles. The highest BCUT2D eigenvalue weighted by Gasteiger charge is 2.27. The van der Waals surface area contributed by atoms with Crippen LogP contribution in [-0.2, 0) is 11.2 Å². The number of nitrogens with two attached hydrogens (primary N) is 1. The zero-order chi connectivity index (χ0) is 14.4. The highest BCUT2D eigenvalue weighted by atomic mass is 16.5. The van der Waals surface area contributed by atoms with Crippen molar-refractivity contribution >= 4 is 0 Å². The van der Waals surface area contributed by atoms with Gasteiger partial charge in [0.25, 0.3) is 0 Å². The lowest BCUT2D eigenvalue weighted by atomic mass is 9.92. The van der Waals surface area contributed by atoms with Crippen LogP contribution in [0.1, 0.15) is 36.9 Å². The maximum atomic E-state index is 6.11. The second-order valence-corrected chi connectivity index (χ2v) is 5.76. The molecular weight excluding hydrogens is 248 g/mol. The van der Waals surface area contributed by atoms with Crippen LogP contribution >= 0.6 is 0 Å². The van der Waals surface area contributed by atoms with E-state index >= 15 is 0 Å². The number of benzene rings is 1. The number of ether oxygens (including phenoxy) is 1. The Labute approximate surface area is 123 Å². The largest absolute Gasteiger partial charge is 0.384 e. The van der Waals surface area contributed by atoms with Gasteiger partial charge < -0.3 is 10.5 Å². The molecule has 0 aromatic heterocycles. The van der Waals surface area contributed by atoms with Crippen LogP contribution in [0.5, 0.6) is 0 Å². The Kier molecular flexibility index (Phi) is 6.02. The average molecular weight is 276 g/mol. The van der Waals surface area contributed by atoms with Crippen molar-refractivity contribution in [2.45, 2.75) is 32.2 Å². The Balaban J connectivity index is 2.14. The number of rotatable bonds is 6. The van der Waals surface area contributed by atoms with E-state index in [2.05, 4.69) is 36.1 Å². The summed E-state index contributed by atoms with van der Waals surface area (Å²) in [6.07, 6.45) is 3.60. The first-order chi connectivity index (χ1) is 9.80. The molecule has 0 spiro atoms. The van der Waals surface area contributed by atoms with E-state index in [0.717, 1.165) is 26.1 Å². The van der Waals surface area contributed by atoms with E-state index in [1.807, 2.05) is 0 Å². The van der Waals surface area contributed by atoms with Crippen LogP contribution in [0, 0.1) is 5.92 Å². The highest BCUT2D eigenvalue weighted by molar-refractivity contribution is 5.30. The molecule has 2 atom stereocenters. The molecule has 1 aliphatic rings. The van der Waals surface area contributed by atoms with Crippen molar-refractivity contribution in [3.63, 3.8) is 0 Å². The van der Waals surface area contributed by atoms with Gasteiger partial charge in [0.05, 0.1) is 6.61 Å². The fraction of sp³-hybridized carbons (Fsp3) is 0.647. The van der Waals surface area contributed by atoms with Crippen molar-refractivity contribution in [2.75, 3.05) is 33.4 Å². The molecule has 1 heterocycles. The molecule has 0 radical (unpaired) electrons. The lowest BCUT2D eigenvalue weighted by Crippen LogP contribution is -2.42.